The molecule has 0 spiro atoms. The van der Waals surface area contributed by atoms with Crippen LogP contribution in [-0.4, -0.2) is 25.7 Å². The third kappa shape index (κ3) is 1.74. The van der Waals surface area contributed by atoms with Gasteiger partial charge in [-0.3, -0.25) is 0 Å². The number of benzene rings is 1. The first-order valence-electron chi connectivity index (χ1n) is 6.47. The summed E-state index contributed by atoms with van der Waals surface area (Å²) in [4.78, 5) is 2.46. The molecular formula is C14H19ClN2. The van der Waals surface area contributed by atoms with Crippen LogP contribution in [0, 0.1) is 0 Å². The third-order valence-corrected chi connectivity index (χ3v) is 4.26. The Hall–Kier alpha value is -0.730. The molecule has 2 nitrogen and oxygen atoms in total. The van der Waals surface area contributed by atoms with E-state index in [4.69, 9.17) is 11.6 Å². The molecule has 0 amide bonds. The van der Waals surface area contributed by atoms with E-state index in [2.05, 4.69) is 36.2 Å². The summed E-state index contributed by atoms with van der Waals surface area (Å²) in [7, 11) is 0. The van der Waals surface area contributed by atoms with Gasteiger partial charge in [0, 0.05) is 25.0 Å². The zero-order valence-electron chi connectivity index (χ0n) is 10.5. The minimum atomic E-state index is 0.519. The van der Waals surface area contributed by atoms with Crippen molar-refractivity contribution in [3.63, 3.8) is 0 Å². The second kappa shape index (κ2) is 4.18. The van der Waals surface area contributed by atoms with Gasteiger partial charge < -0.3 is 10.2 Å². The molecule has 0 saturated heterocycles. The van der Waals surface area contributed by atoms with Crippen molar-refractivity contribution >= 4 is 17.3 Å². The first-order valence-corrected chi connectivity index (χ1v) is 6.85. The predicted octanol–water partition coefficient (Wildman–Crippen LogP) is 2.80. The van der Waals surface area contributed by atoms with E-state index in [1.54, 1.807) is 0 Å². The van der Waals surface area contributed by atoms with Crippen molar-refractivity contribution in [3.8, 4) is 0 Å². The number of rotatable bonds is 1. The average molecular weight is 251 g/mol. The standard InChI is InChI=1S/C14H19ClN2/c1-9(2)17-8-11-7-16-6-5-10-3-4-12(15)14(17)13(10)11/h3-4,9,11,16H,5-8H2,1-2H3/t11-/m1/s1. The molecule has 0 unspecified atom stereocenters. The van der Waals surface area contributed by atoms with Crippen LogP contribution < -0.4 is 10.2 Å². The Bertz CT molecular complexity index is 442. The quantitative estimate of drug-likeness (QED) is 0.825. The van der Waals surface area contributed by atoms with Gasteiger partial charge in [-0.1, -0.05) is 17.7 Å². The summed E-state index contributed by atoms with van der Waals surface area (Å²) in [5.41, 5.74) is 4.30. The summed E-state index contributed by atoms with van der Waals surface area (Å²) in [6.45, 7) is 7.77. The zero-order valence-corrected chi connectivity index (χ0v) is 11.2. The molecule has 0 radical (unpaired) electrons. The van der Waals surface area contributed by atoms with Crippen LogP contribution >= 0.6 is 11.6 Å². The van der Waals surface area contributed by atoms with E-state index in [1.165, 1.54) is 16.8 Å². The predicted molar refractivity (Wildman–Crippen MR) is 73.2 cm³/mol. The monoisotopic (exact) mass is 250 g/mol. The number of anilines is 1. The molecule has 17 heavy (non-hydrogen) atoms. The maximum absolute atomic E-state index is 6.42. The van der Waals surface area contributed by atoms with Gasteiger partial charge in [-0.25, -0.2) is 0 Å². The van der Waals surface area contributed by atoms with Gasteiger partial charge >= 0.3 is 0 Å². The first kappa shape index (κ1) is 11.4. The van der Waals surface area contributed by atoms with Crippen molar-refractivity contribution in [3.05, 3.63) is 28.3 Å². The highest BCUT2D eigenvalue weighted by Gasteiger charge is 2.34. The molecular weight excluding hydrogens is 232 g/mol. The summed E-state index contributed by atoms with van der Waals surface area (Å²) < 4.78 is 0. The fourth-order valence-electron chi connectivity index (χ4n) is 3.14. The van der Waals surface area contributed by atoms with Crippen LogP contribution in [0.5, 0.6) is 0 Å². The molecule has 2 aliphatic heterocycles. The van der Waals surface area contributed by atoms with Crippen molar-refractivity contribution in [2.45, 2.75) is 32.2 Å². The molecule has 1 aromatic carbocycles. The molecule has 0 fully saturated rings. The normalized spacial score (nSPS) is 22.8. The maximum Gasteiger partial charge on any atom is 0.0642 e. The SMILES string of the molecule is CC(C)N1C[C@H]2CNCCc3ccc(Cl)c1c32. The van der Waals surface area contributed by atoms with Crippen molar-refractivity contribution < 1.29 is 0 Å². The minimum absolute atomic E-state index is 0.519. The molecule has 0 saturated carbocycles. The van der Waals surface area contributed by atoms with Crippen molar-refractivity contribution in [2.24, 2.45) is 0 Å². The van der Waals surface area contributed by atoms with Gasteiger partial charge in [0.05, 0.1) is 10.7 Å². The molecule has 2 heterocycles. The molecule has 92 valence electrons. The van der Waals surface area contributed by atoms with Crippen LogP contribution in [0.1, 0.15) is 30.9 Å². The summed E-state index contributed by atoms with van der Waals surface area (Å²) in [6.07, 6.45) is 1.13. The summed E-state index contributed by atoms with van der Waals surface area (Å²) in [5, 5.41) is 4.46. The van der Waals surface area contributed by atoms with E-state index in [9.17, 15) is 0 Å². The highest BCUT2D eigenvalue weighted by atomic mass is 35.5. The molecule has 0 bridgehead atoms. The van der Waals surface area contributed by atoms with Crippen LogP contribution in [0.2, 0.25) is 5.02 Å². The molecule has 2 aliphatic rings. The summed E-state index contributed by atoms with van der Waals surface area (Å²) in [5.74, 6) is 0.614. The minimum Gasteiger partial charge on any atom is -0.367 e. The smallest absolute Gasteiger partial charge is 0.0642 e. The fourth-order valence-corrected chi connectivity index (χ4v) is 3.42. The van der Waals surface area contributed by atoms with Crippen LogP contribution in [-0.2, 0) is 6.42 Å². The Morgan fingerprint density at radius 1 is 1.41 bits per heavy atom. The second-order valence-electron chi connectivity index (χ2n) is 5.37. The number of halogens is 1. The Kier molecular flexibility index (Phi) is 2.80. The lowest BCUT2D eigenvalue weighted by Crippen LogP contribution is -2.32. The molecule has 1 N–H and O–H groups in total. The Morgan fingerprint density at radius 2 is 2.24 bits per heavy atom. The van der Waals surface area contributed by atoms with Crippen LogP contribution in [0.3, 0.4) is 0 Å². The van der Waals surface area contributed by atoms with E-state index >= 15 is 0 Å². The van der Waals surface area contributed by atoms with E-state index in [1.807, 2.05) is 0 Å². The highest BCUT2D eigenvalue weighted by Crippen LogP contribution is 2.44. The summed E-state index contributed by atoms with van der Waals surface area (Å²) >= 11 is 6.42. The van der Waals surface area contributed by atoms with Gasteiger partial charge in [-0.15, -0.1) is 0 Å². The maximum atomic E-state index is 6.42. The lowest BCUT2D eigenvalue weighted by atomic mass is 9.95. The average Bonchev–Trinajstić information content (AvgIpc) is 2.57. The largest absolute Gasteiger partial charge is 0.367 e. The van der Waals surface area contributed by atoms with Gasteiger partial charge in [-0.2, -0.15) is 0 Å². The van der Waals surface area contributed by atoms with Crippen molar-refractivity contribution in [2.75, 3.05) is 24.5 Å². The van der Waals surface area contributed by atoms with E-state index in [-0.39, 0.29) is 0 Å². The lowest BCUT2D eigenvalue weighted by molar-refractivity contribution is 0.594. The van der Waals surface area contributed by atoms with Crippen LogP contribution in [0.15, 0.2) is 12.1 Å². The molecule has 0 aliphatic carbocycles. The lowest BCUT2D eigenvalue weighted by Gasteiger charge is -2.25. The van der Waals surface area contributed by atoms with Gasteiger partial charge in [0.1, 0.15) is 0 Å². The highest BCUT2D eigenvalue weighted by molar-refractivity contribution is 6.33. The van der Waals surface area contributed by atoms with E-state index in [0.29, 0.717) is 12.0 Å². The van der Waals surface area contributed by atoms with E-state index in [0.717, 1.165) is 31.1 Å². The van der Waals surface area contributed by atoms with Crippen molar-refractivity contribution in [1.29, 1.82) is 0 Å². The van der Waals surface area contributed by atoms with Crippen molar-refractivity contribution in [1.82, 2.24) is 5.32 Å². The fraction of sp³-hybridized carbons (Fsp3) is 0.571. The van der Waals surface area contributed by atoms with Crippen LogP contribution in [0.25, 0.3) is 0 Å². The van der Waals surface area contributed by atoms with Gasteiger partial charge in [-0.05, 0) is 44.0 Å². The van der Waals surface area contributed by atoms with E-state index < -0.39 is 0 Å². The number of nitrogens with one attached hydrogen (secondary N) is 1. The van der Waals surface area contributed by atoms with Gasteiger partial charge in [0.2, 0.25) is 0 Å². The Balaban J connectivity index is 2.16. The zero-order chi connectivity index (χ0) is 12.0. The Morgan fingerprint density at radius 3 is 3.00 bits per heavy atom. The first-order chi connectivity index (χ1) is 8.18. The number of hydrogen-bond acceptors (Lipinski definition) is 2. The second-order valence-corrected chi connectivity index (χ2v) is 5.77. The topological polar surface area (TPSA) is 15.3 Å². The third-order valence-electron chi connectivity index (χ3n) is 3.96. The molecule has 3 heteroatoms. The summed E-state index contributed by atoms with van der Waals surface area (Å²) in [6, 6.07) is 4.80. The number of hydrogen-bond donors (Lipinski definition) is 1. The van der Waals surface area contributed by atoms with Gasteiger partial charge in [0.15, 0.2) is 0 Å². The van der Waals surface area contributed by atoms with Gasteiger partial charge in [0.25, 0.3) is 0 Å². The molecule has 1 aromatic rings. The molecule has 1 atom stereocenters. The molecule has 3 rings (SSSR count). The number of nitrogens with zero attached hydrogens (tertiary/aromatic N) is 1. The Labute approximate surface area is 108 Å². The van der Waals surface area contributed by atoms with Crippen LogP contribution in [0.4, 0.5) is 5.69 Å². The molecule has 0 aromatic heterocycles.